The molecule has 0 aromatic heterocycles. The van der Waals surface area contributed by atoms with E-state index in [2.05, 4.69) is 17.9 Å². The van der Waals surface area contributed by atoms with E-state index in [1.54, 1.807) is 6.92 Å². The van der Waals surface area contributed by atoms with Crippen molar-refractivity contribution in [3.05, 3.63) is 11.1 Å². The van der Waals surface area contributed by atoms with Gasteiger partial charge in [0.1, 0.15) is 6.54 Å². The Morgan fingerprint density at radius 3 is 2.78 bits per heavy atom. The van der Waals surface area contributed by atoms with Crippen molar-refractivity contribution in [2.75, 3.05) is 6.54 Å². The van der Waals surface area contributed by atoms with Crippen molar-refractivity contribution in [2.24, 2.45) is 0 Å². The van der Waals surface area contributed by atoms with E-state index in [0.29, 0.717) is 0 Å². The molecule has 0 saturated heterocycles. The minimum absolute atomic E-state index is 0.0576. The summed E-state index contributed by atoms with van der Waals surface area (Å²) in [5.41, 5.74) is 0. The van der Waals surface area contributed by atoms with Crippen LogP contribution in [0.5, 0.6) is 0 Å². The minimum atomic E-state index is -0.874. The van der Waals surface area contributed by atoms with Crippen LogP contribution in [0.3, 0.4) is 0 Å². The zero-order valence-electron chi connectivity index (χ0n) is 5.09. The molecular weight excluding hydrogens is 138 g/mol. The number of hydrogen-bond acceptors (Lipinski definition) is 3. The molecule has 0 bridgehead atoms. The van der Waals surface area contributed by atoms with E-state index in [0.717, 1.165) is 4.91 Å². The zero-order chi connectivity index (χ0) is 7.28. The lowest BCUT2D eigenvalue weighted by atomic mass is 10.6. The van der Waals surface area contributed by atoms with Gasteiger partial charge in [-0.3, -0.25) is 4.79 Å². The molecule has 0 saturated carbocycles. The minimum Gasteiger partial charge on any atom is -0.480 e. The molecule has 9 heavy (non-hydrogen) atoms. The second-order valence-corrected chi connectivity index (χ2v) is 2.27. The molecule has 0 atom stereocenters. The summed E-state index contributed by atoms with van der Waals surface area (Å²) < 4.78 is 0. The molecule has 0 fully saturated rings. The van der Waals surface area contributed by atoms with E-state index in [9.17, 15) is 4.79 Å². The number of allylic oxidation sites excluding steroid dienone is 1. The number of carbonyl (C=O) groups is 1. The Kier molecular flexibility index (Phi) is 3.96. The molecule has 0 rings (SSSR count). The largest absolute Gasteiger partial charge is 0.480 e. The second-order valence-electron chi connectivity index (χ2n) is 1.56. The van der Waals surface area contributed by atoms with Gasteiger partial charge in [-0.15, -0.1) is 12.6 Å². The molecule has 0 spiro atoms. The highest BCUT2D eigenvalue weighted by molar-refractivity contribution is 7.84. The third kappa shape index (κ3) is 7.36. The SMILES string of the molecule is CC(S)=CNCC(=O)O. The first-order valence-electron chi connectivity index (χ1n) is 2.44. The highest BCUT2D eigenvalue weighted by Crippen LogP contribution is 1.92. The lowest BCUT2D eigenvalue weighted by Crippen LogP contribution is -2.16. The number of hydrogen-bond donors (Lipinski definition) is 3. The van der Waals surface area contributed by atoms with Gasteiger partial charge in [-0.1, -0.05) is 0 Å². The molecule has 0 amide bonds. The van der Waals surface area contributed by atoms with Crippen LogP contribution in [-0.4, -0.2) is 17.6 Å². The van der Waals surface area contributed by atoms with E-state index in [1.807, 2.05) is 0 Å². The average molecular weight is 147 g/mol. The van der Waals surface area contributed by atoms with Gasteiger partial charge in [-0.2, -0.15) is 0 Å². The van der Waals surface area contributed by atoms with Crippen LogP contribution in [0.1, 0.15) is 6.92 Å². The molecule has 0 radical (unpaired) electrons. The fourth-order valence-electron chi connectivity index (χ4n) is 0.286. The van der Waals surface area contributed by atoms with Crippen LogP contribution >= 0.6 is 12.6 Å². The predicted octanol–water partition coefficient (Wildman–Crippen LogP) is 0.452. The first kappa shape index (κ1) is 8.36. The Morgan fingerprint density at radius 2 is 2.44 bits per heavy atom. The lowest BCUT2D eigenvalue weighted by molar-refractivity contribution is -0.135. The maximum absolute atomic E-state index is 9.86. The van der Waals surface area contributed by atoms with Gasteiger partial charge in [-0.05, 0) is 11.8 Å². The molecule has 0 aromatic carbocycles. The summed E-state index contributed by atoms with van der Waals surface area (Å²) in [6.07, 6.45) is 1.54. The smallest absolute Gasteiger partial charge is 0.322 e. The highest BCUT2D eigenvalue weighted by Gasteiger charge is 1.89. The fraction of sp³-hybridized carbons (Fsp3) is 0.400. The first-order valence-corrected chi connectivity index (χ1v) is 2.88. The zero-order valence-corrected chi connectivity index (χ0v) is 5.98. The van der Waals surface area contributed by atoms with Gasteiger partial charge in [0.05, 0.1) is 0 Å². The summed E-state index contributed by atoms with van der Waals surface area (Å²) in [5.74, 6) is -0.874. The Bertz CT molecular complexity index is 129. The fourth-order valence-corrected chi connectivity index (χ4v) is 0.377. The quantitative estimate of drug-likeness (QED) is 0.508. The van der Waals surface area contributed by atoms with Crippen molar-refractivity contribution in [3.63, 3.8) is 0 Å². The van der Waals surface area contributed by atoms with E-state index in [4.69, 9.17) is 5.11 Å². The average Bonchev–Trinajstić information content (AvgIpc) is 1.63. The van der Waals surface area contributed by atoms with Crippen LogP contribution in [0.2, 0.25) is 0 Å². The molecule has 0 aromatic rings. The number of carboxylic acid groups (broad SMARTS) is 1. The molecule has 0 aliphatic heterocycles. The molecule has 52 valence electrons. The third-order valence-electron chi connectivity index (χ3n) is 0.564. The monoisotopic (exact) mass is 147 g/mol. The first-order chi connectivity index (χ1) is 4.13. The van der Waals surface area contributed by atoms with Gasteiger partial charge in [0, 0.05) is 6.20 Å². The Morgan fingerprint density at radius 1 is 1.89 bits per heavy atom. The number of rotatable bonds is 3. The van der Waals surface area contributed by atoms with E-state index < -0.39 is 5.97 Å². The molecule has 0 aliphatic rings. The van der Waals surface area contributed by atoms with Gasteiger partial charge in [0.25, 0.3) is 0 Å². The van der Waals surface area contributed by atoms with Crippen LogP contribution in [0.4, 0.5) is 0 Å². The van der Waals surface area contributed by atoms with Crippen LogP contribution in [0.25, 0.3) is 0 Å². The van der Waals surface area contributed by atoms with Crippen molar-refractivity contribution in [1.82, 2.24) is 5.32 Å². The molecule has 3 nitrogen and oxygen atoms in total. The third-order valence-corrected chi connectivity index (χ3v) is 0.693. The summed E-state index contributed by atoms with van der Waals surface area (Å²) in [7, 11) is 0. The summed E-state index contributed by atoms with van der Waals surface area (Å²) >= 11 is 3.91. The van der Waals surface area contributed by atoms with Gasteiger partial charge in [0.2, 0.25) is 0 Å². The van der Waals surface area contributed by atoms with Crippen molar-refractivity contribution in [3.8, 4) is 0 Å². The summed E-state index contributed by atoms with van der Waals surface area (Å²) in [4.78, 5) is 10.6. The number of nitrogens with one attached hydrogen (secondary N) is 1. The maximum Gasteiger partial charge on any atom is 0.322 e. The van der Waals surface area contributed by atoms with Crippen molar-refractivity contribution >= 4 is 18.6 Å². The van der Waals surface area contributed by atoms with E-state index in [-0.39, 0.29) is 6.54 Å². The van der Waals surface area contributed by atoms with Crippen molar-refractivity contribution < 1.29 is 9.90 Å². The molecule has 4 heteroatoms. The molecular formula is C5H9NO2S. The van der Waals surface area contributed by atoms with Gasteiger partial charge >= 0.3 is 5.97 Å². The molecule has 0 aliphatic carbocycles. The number of aliphatic carboxylic acids is 1. The number of carboxylic acids is 1. The standard InChI is InChI=1S/C5H9NO2S/c1-4(9)2-6-3-5(7)8/h2,6,9H,3H2,1H3,(H,7,8). The van der Waals surface area contributed by atoms with Crippen LogP contribution in [-0.2, 0) is 4.79 Å². The van der Waals surface area contributed by atoms with Crippen LogP contribution < -0.4 is 5.32 Å². The summed E-state index contributed by atoms with van der Waals surface area (Å²) in [5, 5.41) is 10.7. The Labute approximate surface area is 59.2 Å². The van der Waals surface area contributed by atoms with Crippen LogP contribution in [0.15, 0.2) is 11.1 Å². The summed E-state index contributed by atoms with van der Waals surface area (Å²) in [6, 6.07) is 0. The van der Waals surface area contributed by atoms with Crippen molar-refractivity contribution in [1.29, 1.82) is 0 Å². The molecule has 0 heterocycles. The highest BCUT2D eigenvalue weighted by atomic mass is 32.1. The van der Waals surface area contributed by atoms with E-state index >= 15 is 0 Å². The topological polar surface area (TPSA) is 49.3 Å². The van der Waals surface area contributed by atoms with E-state index in [1.165, 1.54) is 6.20 Å². The normalized spacial score (nSPS) is 11.1. The van der Waals surface area contributed by atoms with Crippen LogP contribution in [0, 0.1) is 0 Å². The van der Waals surface area contributed by atoms with Gasteiger partial charge < -0.3 is 10.4 Å². The lowest BCUT2D eigenvalue weighted by Gasteiger charge is -1.93. The Hall–Kier alpha value is -0.640. The number of thiol groups is 1. The summed E-state index contributed by atoms with van der Waals surface area (Å²) in [6.45, 7) is 1.70. The second kappa shape index (κ2) is 4.26. The molecule has 0 unspecified atom stereocenters. The van der Waals surface area contributed by atoms with Crippen molar-refractivity contribution in [2.45, 2.75) is 6.92 Å². The van der Waals surface area contributed by atoms with Gasteiger partial charge in [-0.25, -0.2) is 0 Å². The van der Waals surface area contributed by atoms with Gasteiger partial charge in [0.15, 0.2) is 0 Å². The predicted molar refractivity (Wildman–Crippen MR) is 38.4 cm³/mol. The molecule has 2 N–H and O–H groups in total. The Balaban J connectivity index is 3.31. The maximum atomic E-state index is 9.86.